The molecule has 0 saturated carbocycles. The van der Waals surface area contributed by atoms with Gasteiger partial charge < -0.3 is 10.3 Å². The number of nitrogens with one attached hydrogen (secondary N) is 2. The lowest BCUT2D eigenvalue weighted by molar-refractivity contribution is -0.120. The second-order valence-electron chi connectivity index (χ2n) is 5.86. The fourth-order valence-electron chi connectivity index (χ4n) is 2.53. The summed E-state index contributed by atoms with van der Waals surface area (Å²) < 4.78 is 0. The van der Waals surface area contributed by atoms with Gasteiger partial charge in [0.2, 0.25) is 5.91 Å². The van der Waals surface area contributed by atoms with Crippen LogP contribution in [0, 0.1) is 0 Å². The molecular weight excluding hydrogens is 350 g/mol. The molecule has 0 aliphatic heterocycles. The summed E-state index contributed by atoms with van der Waals surface area (Å²) in [6.07, 6.45) is 2.19. The van der Waals surface area contributed by atoms with Crippen molar-refractivity contribution in [2.45, 2.75) is 12.8 Å². The number of amides is 1. The minimum Gasteiger partial charge on any atom is -0.355 e. The molecule has 5 nitrogen and oxygen atoms in total. The van der Waals surface area contributed by atoms with Crippen LogP contribution in [0.25, 0.3) is 11.4 Å². The minimum atomic E-state index is -0.317. The Kier molecular flexibility index (Phi) is 5.81. The maximum atomic E-state index is 12.2. The zero-order valence-corrected chi connectivity index (χ0v) is 14.8. The summed E-state index contributed by atoms with van der Waals surface area (Å²) in [5, 5.41) is 3.44. The fourth-order valence-corrected chi connectivity index (χ4v) is 2.65. The fraction of sp³-hybridized carbons (Fsp3) is 0.150. The summed E-state index contributed by atoms with van der Waals surface area (Å²) in [6.45, 7) is 0.525. The van der Waals surface area contributed by atoms with Gasteiger partial charge in [-0.15, -0.1) is 0 Å². The average molecular weight is 368 g/mol. The summed E-state index contributed by atoms with van der Waals surface area (Å²) >= 11 is 5.86. The molecule has 0 atom stereocenters. The molecule has 1 heterocycles. The molecule has 3 rings (SSSR count). The Morgan fingerprint density at radius 3 is 2.50 bits per heavy atom. The number of carbonyl (C=O) groups excluding carboxylic acids is 1. The summed E-state index contributed by atoms with van der Waals surface area (Å²) in [5.41, 5.74) is 1.92. The molecule has 1 amide bonds. The Balaban J connectivity index is 1.58. The van der Waals surface area contributed by atoms with E-state index in [0.717, 1.165) is 17.5 Å². The van der Waals surface area contributed by atoms with E-state index >= 15 is 0 Å². The van der Waals surface area contributed by atoms with Gasteiger partial charge in [-0.05, 0) is 36.2 Å². The van der Waals surface area contributed by atoms with E-state index in [2.05, 4.69) is 15.3 Å². The van der Waals surface area contributed by atoms with Crippen molar-refractivity contribution in [2.24, 2.45) is 0 Å². The van der Waals surface area contributed by atoms with Gasteiger partial charge in [-0.25, -0.2) is 4.98 Å². The van der Waals surface area contributed by atoms with Gasteiger partial charge in [0.15, 0.2) is 0 Å². The van der Waals surface area contributed by atoms with Crippen LogP contribution in [-0.4, -0.2) is 22.4 Å². The van der Waals surface area contributed by atoms with Crippen molar-refractivity contribution in [1.82, 2.24) is 15.3 Å². The van der Waals surface area contributed by atoms with Gasteiger partial charge in [0, 0.05) is 28.9 Å². The SMILES string of the molecule is O=C(Cc1cnc(-c2ccc(Cl)cc2)[nH]c1=O)NCCc1ccccc1. The Hall–Kier alpha value is -2.92. The molecule has 26 heavy (non-hydrogen) atoms. The molecule has 3 aromatic rings. The number of H-pyrrole nitrogens is 1. The van der Waals surface area contributed by atoms with E-state index in [4.69, 9.17) is 11.6 Å². The number of aromatic nitrogens is 2. The standard InChI is InChI=1S/C20H18ClN3O2/c21-17-8-6-15(7-9-17)19-23-13-16(20(26)24-19)12-18(25)22-11-10-14-4-2-1-3-5-14/h1-9,13H,10-12H2,(H,22,25)(H,23,24,26). The van der Waals surface area contributed by atoms with Crippen molar-refractivity contribution in [2.75, 3.05) is 6.54 Å². The van der Waals surface area contributed by atoms with Crippen LogP contribution in [0.2, 0.25) is 5.02 Å². The van der Waals surface area contributed by atoms with Gasteiger partial charge in [-0.1, -0.05) is 41.9 Å². The number of halogens is 1. The predicted octanol–water partition coefficient (Wildman–Crippen LogP) is 2.99. The highest BCUT2D eigenvalue weighted by Crippen LogP contribution is 2.16. The lowest BCUT2D eigenvalue weighted by Gasteiger charge is -2.06. The largest absolute Gasteiger partial charge is 0.355 e. The van der Waals surface area contributed by atoms with Crippen LogP contribution in [0.4, 0.5) is 0 Å². The van der Waals surface area contributed by atoms with E-state index in [1.54, 1.807) is 24.3 Å². The summed E-state index contributed by atoms with van der Waals surface area (Å²) in [4.78, 5) is 31.2. The summed E-state index contributed by atoms with van der Waals surface area (Å²) in [5.74, 6) is 0.243. The lowest BCUT2D eigenvalue weighted by Crippen LogP contribution is -2.29. The van der Waals surface area contributed by atoms with Gasteiger partial charge in [-0.2, -0.15) is 0 Å². The van der Waals surface area contributed by atoms with Gasteiger partial charge in [0.1, 0.15) is 5.82 Å². The molecule has 1 aromatic heterocycles. The topological polar surface area (TPSA) is 74.8 Å². The van der Waals surface area contributed by atoms with Crippen molar-refractivity contribution in [1.29, 1.82) is 0 Å². The number of hydrogen-bond acceptors (Lipinski definition) is 3. The molecule has 6 heteroatoms. The van der Waals surface area contributed by atoms with Gasteiger partial charge in [0.05, 0.1) is 6.42 Å². The second kappa shape index (κ2) is 8.45. The molecule has 0 saturated heterocycles. The van der Waals surface area contributed by atoms with Crippen molar-refractivity contribution in [3.8, 4) is 11.4 Å². The monoisotopic (exact) mass is 367 g/mol. The molecule has 132 valence electrons. The van der Waals surface area contributed by atoms with Crippen molar-refractivity contribution < 1.29 is 4.79 Å². The smallest absolute Gasteiger partial charge is 0.254 e. The van der Waals surface area contributed by atoms with Crippen LogP contribution < -0.4 is 10.9 Å². The van der Waals surface area contributed by atoms with E-state index in [9.17, 15) is 9.59 Å². The Morgan fingerprint density at radius 2 is 1.81 bits per heavy atom. The van der Waals surface area contributed by atoms with E-state index in [1.165, 1.54) is 6.20 Å². The van der Waals surface area contributed by atoms with E-state index < -0.39 is 0 Å². The van der Waals surface area contributed by atoms with Crippen LogP contribution in [0.1, 0.15) is 11.1 Å². The van der Waals surface area contributed by atoms with Crippen LogP contribution in [0.3, 0.4) is 0 Å². The van der Waals surface area contributed by atoms with Crippen molar-refractivity contribution >= 4 is 17.5 Å². The van der Waals surface area contributed by atoms with Gasteiger partial charge in [0.25, 0.3) is 5.56 Å². The van der Waals surface area contributed by atoms with Gasteiger partial charge >= 0.3 is 0 Å². The molecule has 0 bridgehead atoms. The van der Waals surface area contributed by atoms with E-state index in [1.807, 2.05) is 30.3 Å². The van der Waals surface area contributed by atoms with E-state index in [0.29, 0.717) is 23.0 Å². The van der Waals surface area contributed by atoms with Crippen molar-refractivity contribution in [3.63, 3.8) is 0 Å². The maximum Gasteiger partial charge on any atom is 0.254 e. The summed E-state index contributed by atoms with van der Waals surface area (Å²) in [7, 11) is 0. The molecule has 2 N–H and O–H groups in total. The number of benzene rings is 2. The first-order chi connectivity index (χ1) is 12.6. The van der Waals surface area contributed by atoms with Crippen LogP contribution >= 0.6 is 11.6 Å². The third kappa shape index (κ3) is 4.80. The van der Waals surface area contributed by atoms with Crippen LogP contribution in [0.15, 0.2) is 65.6 Å². The first kappa shape index (κ1) is 17.9. The molecule has 0 aliphatic rings. The first-order valence-corrected chi connectivity index (χ1v) is 8.64. The first-order valence-electron chi connectivity index (χ1n) is 8.26. The van der Waals surface area contributed by atoms with Gasteiger partial charge in [-0.3, -0.25) is 9.59 Å². The zero-order valence-electron chi connectivity index (χ0n) is 14.0. The third-order valence-corrected chi connectivity index (χ3v) is 4.17. The minimum absolute atomic E-state index is 0.00196. The highest BCUT2D eigenvalue weighted by atomic mass is 35.5. The molecular formula is C20H18ClN3O2. The number of aromatic amines is 1. The Labute approximate surface area is 156 Å². The third-order valence-electron chi connectivity index (χ3n) is 3.92. The second-order valence-corrected chi connectivity index (χ2v) is 6.29. The number of nitrogens with zero attached hydrogens (tertiary/aromatic N) is 1. The Bertz CT molecular complexity index is 937. The molecule has 0 aliphatic carbocycles. The normalized spacial score (nSPS) is 10.5. The zero-order chi connectivity index (χ0) is 18.4. The highest BCUT2D eigenvalue weighted by molar-refractivity contribution is 6.30. The van der Waals surface area contributed by atoms with Crippen LogP contribution in [-0.2, 0) is 17.6 Å². The molecule has 0 radical (unpaired) electrons. The van der Waals surface area contributed by atoms with E-state index in [-0.39, 0.29) is 17.9 Å². The highest BCUT2D eigenvalue weighted by Gasteiger charge is 2.09. The average Bonchev–Trinajstić information content (AvgIpc) is 2.65. The predicted molar refractivity (Wildman–Crippen MR) is 102 cm³/mol. The number of hydrogen-bond donors (Lipinski definition) is 2. The van der Waals surface area contributed by atoms with Crippen molar-refractivity contribution in [3.05, 3.63) is 87.3 Å². The number of rotatable bonds is 6. The molecule has 0 fully saturated rings. The summed E-state index contributed by atoms with van der Waals surface area (Å²) in [6, 6.07) is 16.9. The molecule has 0 unspecified atom stereocenters. The quantitative estimate of drug-likeness (QED) is 0.703. The Morgan fingerprint density at radius 1 is 1.08 bits per heavy atom. The lowest BCUT2D eigenvalue weighted by atomic mass is 10.1. The van der Waals surface area contributed by atoms with Crippen LogP contribution in [0.5, 0.6) is 0 Å². The molecule has 2 aromatic carbocycles. The maximum absolute atomic E-state index is 12.2. The molecule has 0 spiro atoms. The number of carbonyl (C=O) groups is 1.